The quantitative estimate of drug-likeness (QED) is 0.215. The van der Waals surface area contributed by atoms with Crippen molar-refractivity contribution in [3.8, 4) is 0 Å². The van der Waals surface area contributed by atoms with Crippen LogP contribution in [0.3, 0.4) is 0 Å². The van der Waals surface area contributed by atoms with Crippen LogP contribution in [0.2, 0.25) is 0 Å². The molecule has 0 saturated carbocycles. The summed E-state index contributed by atoms with van der Waals surface area (Å²) in [5, 5.41) is 11.8. The van der Waals surface area contributed by atoms with Gasteiger partial charge in [-0.2, -0.15) is 0 Å². The lowest BCUT2D eigenvalue weighted by atomic mass is 10.1. The number of thioether (sulfide) groups is 1. The standard InChI is InChI=1S/C18H12N2O4S2/c1-10-2-4-13-11(7-17(21)24-15(13)6-10)9-25-18-19-14-5-3-12(20(22)23)8-16(14)26-18/h2-8H,9H2,1H3. The Labute approximate surface area is 155 Å². The summed E-state index contributed by atoms with van der Waals surface area (Å²) in [4.78, 5) is 26.8. The van der Waals surface area contributed by atoms with E-state index >= 15 is 0 Å². The Hall–Kier alpha value is -2.71. The van der Waals surface area contributed by atoms with Crippen LogP contribution in [-0.2, 0) is 5.75 Å². The monoisotopic (exact) mass is 384 g/mol. The smallest absolute Gasteiger partial charge is 0.336 e. The zero-order valence-corrected chi connectivity index (χ0v) is 15.2. The first kappa shape index (κ1) is 16.7. The van der Waals surface area contributed by atoms with E-state index in [1.165, 1.54) is 41.3 Å². The van der Waals surface area contributed by atoms with Crippen molar-refractivity contribution in [2.45, 2.75) is 17.0 Å². The number of non-ortho nitro benzene ring substituents is 1. The summed E-state index contributed by atoms with van der Waals surface area (Å²) < 4.78 is 6.85. The molecule has 6 nitrogen and oxygen atoms in total. The second-order valence-corrected chi connectivity index (χ2v) is 8.02. The van der Waals surface area contributed by atoms with Crippen LogP contribution in [0.15, 0.2) is 56.0 Å². The molecule has 0 unspecified atom stereocenters. The second-order valence-electron chi connectivity index (χ2n) is 5.77. The number of nitro benzene ring substituents is 1. The highest BCUT2D eigenvalue weighted by molar-refractivity contribution is 8.00. The van der Waals surface area contributed by atoms with E-state index < -0.39 is 4.92 Å². The minimum Gasteiger partial charge on any atom is -0.423 e. The summed E-state index contributed by atoms with van der Waals surface area (Å²) in [7, 11) is 0. The second kappa shape index (κ2) is 6.54. The molecule has 2 aromatic carbocycles. The zero-order valence-electron chi connectivity index (χ0n) is 13.6. The van der Waals surface area contributed by atoms with E-state index in [2.05, 4.69) is 4.98 Å². The molecular formula is C18H12N2O4S2. The van der Waals surface area contributed by atoms with Gasteiger partial charge >= 0.3 is 5.63 Å². The molecule has 2 aromatic heterocycles. The van der Waals surface area contributed by atoms with Gasteiger partial charge in [-0.25, -0.2) is 9.78 Å². The van der Waals surface area contributed by atoms with Gasteiger partial charge in [-0.3, -0.25) is 10.1 Å². The Balaban J connectivity index is 1.65. The normalized spacial score (nSPS) is 11.3. The van der Waals surface area contributed by atoms with Crippen LogP contribution in [0.5, 0.6) is 0 Å². The molecule has 130 valence electrons. The Bertz CT molecular complexity index is 1210. The van der Waals surface area contributed by atoms with Gasteiger partial charge in [-0.1, -0.05) is 23.9 Å². The van der Waals surface area contributed by atoms with E-state index in [1.807, 2.05) is 25.1 Å². The Morgan fingerprint density at radius 1 is 1.23 bits per heavy atom. The summed E-state index contributed by atoms with van der Waals surface area (Å²) in [6.45, 7) is 1.95. The highest BCUT2D eigenvalue weighted by atomic mass is 32.2. The Morgan fingerprint density at radius 2 is 2.08 bits per heavy atom. The third-order valence-electron chi connectivity index (χ3n) is 3.90. The van der Waals surface area contributed by atoms with Crippen LogP contribution >= 0.6 is 23.1 Å². The van der Waals surface area contributed by atoms with Crippen LogP contribution in [0.25, 0.3) is 21.2 Å². The molecule has 0 aliphatic rings. The van der Waals surface area contributed by atoms with Crippen molar-refractivity contribution >= 4 is 50.0 Å². The summed E-state index contributed by atoms with van der Waals surface area (Å²) in [5.41, 5.74) is 2.90. The molecule has 26 heavy (non-hydrogen) atoms. The molecule has 0 aliphatic heterocycles. The van der Waals surface area contributed by atoms with E-state index in [-0.39, 0.29) is 11.3 Å². The van der Waals surface area contributed by atoms with E-state index in [9.17, 15) is 14.9 Å². The maximum atomic E-state index is 11.8. The van der Waals surface area contributed by atoms with Crippen molar-refractivity contribution in [1.29, 1.82) is 0 Å². The van der Waals surface area contributed by atoms with Gasteiger partial charge < -0.3 is 4.42 Å². The molecule has 4 rings (SSSR count). The number of fused-ring (bicyclic) bond motifs is 2. The lowest BCUT2D eigenvalue weighted by Crippen LogP contribution is -2.00. The molecule has 0 amide bonds. The number of nitro groups is 1. The third-order valence-corrected chi connectivity index (χ3v) is 6.11. The van der Waals surface area contributed by atoms with Gasteiger partial charge in [0.15, 0.2) is 4.34 Å². The fourth-order valence-electron chi connectivity index (χ4n) is 2.66. The largest absolute Gasteiger partial charge is 0.423 e. The van der Waals surface area contributed by atoms with E-state index in [0.717, 1.165) is 31.1 Å². The number of rotatable bonds is 4. The van der Waals surface area contributed by atoms with Gasteiger partial charge in [0.25, 0.3) is 5.69 Å². The molecule has 4 aromatic rings. The first-order valence-corrected chi connectivity index (χ1v) is 9.51. The first-order valence-electron chi connectivity index (χ1n) is 7.71. The van der Waals surface area contributed by atoms with Crippen LogP contribution in [0.1, 0.15) is 11.1 Å². The first-order chi connectivity index (χ1) is 12.5. The summed E-state index contributed by atoms with van der Waals surface area (Å²) in [5.74, 6) is 0.563. The van der Waals surface area contributed by atoms with Crippen LogP contribution < -0.4 is 5.63 Å². The van der Waals surface area contributed by atoms with Crippen molar-refractivity contribution in [3.63, 3.8) is 0 Å². The molecule has 0 atom stereocenters. The van der Waals surface area contributed by atoms with Gasteiger partial charge in [0, 0.05) is 29.3 Å². The zero-order chi connectivity index (χ0) is 18.3. The van der Waals surface area contributed by atoms with Gasteiger partial charge in [0.05, 0.1) is 15.1 Å². The molecule has 0 spiro atoms. The maximum Gasteiger partial charge on any atom is 0.336 e. The third kappa shape index (κ3) is 3.21. The highest BCUT2D eigenvalue weighted by Gasteiger charge is 2.12. The van der Waals surface area contributed by atoms with Crippen molar-refractivity contribution in [3.05, 3.63) is 74.1 Å². The molecule has 0 fully saturated rings. The molecule has 0 N–H and O–H groups in total. The Morgan fingerprint density at radius 3 is 2.88 bits per heavy atom. The summed E-state index contributed by atoms with van der Waals surface area (Å²) in [6.07, 6.45) is 0. The SMILES string of the molecule is Cc1ccc2c(CSc3nc4ccc([N+](=O)[O-])cc4s3)cc(=O)oc2c1. The average molecular weight is 384 g/mol. The number of thiazole rings is 1. The van der Waals surface area contributed by atoms with Crippen molar-refractivity contribution < 1.29 is 9.34 Å². The number of nitrogens with zero attached hydrogens (tertiary/aromatic N) is 2. The number of aromatic nitrogens is 1. The van der Waals surface area contributed by atoms with E-state index in [0.29, 0.717) is 11.3 Å². The van der Waals surface area contributed by atoms with Gasteiger partial charge in [-0.15, -0.1) is 11.3 Å². The molecule has 0 aliphatic carbocycles. The Kier molecular flexibility index (Phi) is 4.21. The number of benzene rings is 2. The average Bonchev–Trinajstić information content (AvgIpc) is 3.01. The molecule has 0 radical (unpaired) electrons. The fraction of sp³-hybridized carbons (Fsp3) is 0.111. The number of aryl methyl sites for hydroxylation is 1. The van der Waals surface area contributed by atoms with Crippen molar-refractivity contribution in [2.24, 2.45) is 0 Å². The predicted molar refractivity (Wildman–Crippen MR) is 103 cm³/mol. The maximum absolute atomic E-state index is 11.8. The van der Waals surface area contributed by atoms with Crippen LogP contribution in [-0.4, -0.2) is 9.91 Å². The van der Waals surface area contributed by atoms with Crippen molar-refractivity contribution in [1.82, 2.24) is 4.98 Å². The van der Waals surface area contributed by atoms with Gasteiger partial charge in [-0.05, 0) is 30.2 Å². The van der Waals surface area contributed by atoms with Crippen LogP contribution in [0, 0.1) is 17.0 Å². The van der Waals surface area contributed by atoms with Gasteiger partial charge in [0.2, 0.25) is 0 Å². The molecule has 2 heterocycles. The summed E-state index contributed by atoms with van der Waals surface area (Å²) in [6, 6.07) is 11.9. The van der Waals surface area contributed by atoms with E-state index in [1.54, 1.807) is 6.07 Å². The van der Waals surface area contributed by atoms with E-state index in [4.69, 9.17) is 4.42 Å². The summed E-state index contributed by atoms with van der Waals surface area (Å²) >= 11 is 2.90. The minimum atomic E-state index is -0.413. The molecule has 0 bridgehead atoms. The molecule has 8 heteroatoms. The topological polar surface area (TPSA) is 86.2 Å². The van der Waals surface area contributed by atoms with Crippen LogP contribution in [0.4, 0.5) is 5.69 Å². The lowest BCUT2D eigenvalue weighted by molar-refractivity contribution is -0.384. The van der Waals surface area contributed by atoms with Crippen molar-refractivity contribution in [2.75, 3.05) is 0 Å². The molecular weight excluding hydrogens is 372 g/mol. The number of hydrogen-bond donors (Lipinski definition) is 0. The number of hydrogen-bond acceptors (Lipinski definition) is 7. The molecule has 0 saturated heterocycles. The fourth-order valence-corrected chi connectivity index (χ4v) is 4.76. The highest BCUT2D eigenvalue weighted by Crippen LogP contribution is 2.34. The predicted octanol–water partition coefficient (Wildman–Crippen LogP) is 4.91. The lowest BCUT2D eigenvalue weighted by Gasteiger charge is -2.04. The minimum absolute atomic E-state index is 0.0553. The van der Waals surface area contributed by atoms with Gasteiger partial charge in [0.1, 0.15) is 5.58 Å².